The zero-order chi connectivity index (χ0) is 22.8. The third-order valence-corrected chi connectivity index (χ3v) is 5.92. The number of hydrogen-bond acceptors (Lipinski definition) is 7. The molecule has 5 rings (SSSR count). The van der Waals surface area contributed by atoms with Crippen LogP contribution in [0.4, 0.5) is 5.69 Å². The van der Waals surface area contributed by atoms with Crippen LogP contribution < -0.4 is 4.90 Å². The minimum atomic E-state index is -0.241. The zero-order valence-electron chi connectivity index (χ0n) is 18.9. The SMILES string of the molecule is CCOC(=O)Cc1ccn(-c2cncc(-n3ncc4ccc(N5CCN(C)CC5)cc43)n2)c1. The second-order valence-corrected chi connectivity index (χ2v) is 8.23. The number of aromatic nitrogens is 5. The van der Waals surface area contributed by atoms with E-state index in [-0.39, 0.29) is 12.4 Å². The summed E-state index contributed by atoms with van der Waals surface area (Å²) < 4.78 is 8.72. The third-order valence-electron chi connectivity index (χ3n) is 5.92. The van der Waals surface area contributed by atoms with Gasteiger partial charge >= 0.3 is 5.97 Å². The predicted octanol–water partition coefficient (Wildman–Crippen LogP) is 2.46. The van der Waals surface area contributed by atoms with E-state index >= 15 is 0 Å². The van der Waals surface area contributed by atoms with Crippen LogP contribution in [0.2, 0.25) is 0 Å². The number of nitrogens with zero attached hydrogens (tertiary/aromatic N) is 7. The molecule has 1 aromatic carbocycles. The highest BCUT2D eigenvalue weighted by molar-refractivity contribution is 5.83. The number of anilines is 1. The smallest absolute Gasteiger partial charge is 0.310 e. The number of benzene rings is 1. The average Bonchev–Trinajstić information content (AvgIpc) is 3.46. The average molecular weight is 446 g/mol. The van der Waals surface area contributed by atoms with Gasteiger partial charge in [0.25, 0.3) is 0 Å². The van der Waals surface area contributed by atoms with Crippen molar-refractivity contribution in [1.82, 2.24) is 29.2 Å². The molecule has 4 heterocycles. The molecule has 3 aromatic heterocycles. The molecule has 0 amide bonds. The van der Waals surface area contributed by atoms with E-state index in [0.717, 1.165) is 42.6 Å². The molecular formula is C24H27N7O2. The summed E-state index contributed by atoms with van der Waals surface area (Å²) in [6.45, 7) is 6.30. The van der Waals surface area contributed by atoms with Gasteiger partial charge < -0.3 is 19.1 Å². The standard InChI is InChI=1S/C24H27N7O2/c1-3-33-24(32)12-18-6-7-30(17-18)22-15-25-16-23(27-22)31-21-13-20(5-4-19(21)14-26-31)29-10-8-28(2)9-11-29/h4-7,13-17H,3,8-12H2,1-2H3. The number of fused-ring (bicyclic) bond motifs is 1. The van der Waals surface area contributed by atoms with Crippen LogP contribution in [0.1, 0.15) is 12.5 Å². The van der Waals surface area contributed by atoms with E-state index in [4.69, 9.17) is 9.72 Å². The molecule has 170 valence electrons. The highest BCUT2D eigenvalue weighted by atomic mass is 16.5. The van der Waals surface area contributed by atoms with Crippen molar-refractivity contribution in [3.63, 3.8) is 0 Å². The Morgan fingerprint density at radius 1 is 1.06 bits per heavy atom. The molecule has 0 unspecified atom stereocenters. The number of carbonyl (C=O) groups is 1. The minimum Gasteiger partial charge on any atom is -0.466 e. The van der Waals surface area contributed by atoms with E-state index in [2.05, 4.69) is 45.1 Å². The van der Waals surface area contributed by atoms with E-state index in [1.54, 1.807) is 19.3 Å². The number of rotatable bonds is 6. The fourth-order valence-electron chi connectivity index (χ4n) is 4.09. The second kappa shape index (κ2) is 9.03. The monoisotopic (exact) mass is 445 g/mol. The molecule has 33 heavy (non-hydrogen) atoms. The van der Waals surface area contributed by atoms with Gasteiger partial charge in [-0.25, -0.2) is 9.67 Å². The lowest BCUT2D eigenvalue weighted by molar-refractivity contribution is -0.142. The summed E-state index contributed by atoms with van der Waals surface area (Å²) in [4.78, 5) is 25.7. The lowest BCUT2D eigenvalue weighted by atomic mass is 10.2. The van der Waals surface area contributed by atoms with Crippen LogP contribution in [-0.2, 0) is 16.0 Å². The first kappa shape index (κ1) is 21.1. The molecule has 0 spiro atoms. The quantitative estimate of drug-likeness (QED) is 0.422. The van der Waals surface area contributed by atoms with Crippen LogP contribution in [0.5, 0.6) is 0 Å². The number of likely N-dealkylation sites (N-methyl/N-ethyl adjacent to an activating group) is 1. The van der Waals surface area contributed by atoms with E-state index < -0.39 is 0 Å². The van der Waals surface area contributed by atoms with Gasteiger partial charge in [-0.1, -0.05) is 0 Å². The number of carbonyl (C=O) groups excluding carboxylic acids is 1. The predicted molar refractivity (Wildman–Crippen MR) is 126 cm³/mol. The molecular weight excluding hydrogens is 418 g/mol. The molecule has 1 aliphatic rings. The maximum atomic E-state index is 11.8. The summed E-state index contributed by atoms with van der Waals surface area (Å²) in [7, 11) is 2.16. The highest BCUT2D eigenvalue weighted by Crippen LogP contribution is 2.25. The van der Waals surface area contributed by atoms with Crippen molar-refractivity contribution in [1.29, 1.82) is 0 Å². The van der Waals surface area contributed by atoms with Crippen LogP contribution in [0.15, 0.2) is 55.2 Å². The maximum Gasteiger partial charge on any atom is 0.310 e. The van der Waals surface area contributed by atoms with E-state index in [9.17, 15) is 4.79 Å². The van der Waals surface area contributed by atoms with Crippen molar-refractivity contribution in [3.8, 4) is 11.6 Å². The normalized spacial score (nSPS) is 14.7. The Balaban J connectivity index is 1.43. The van der Waals surface area contributed by atoms with E-state index in [1.165, 1.54) is 5.69 Å². The Morgan fingerprint density at radius 2 is 1.88 bits per heavy atom. The van der Waals surface area contributed by atoms with Crippen molar-refractivity contribution in [2.24, 2.45) is 0 Å². The van der Waals surface area contributed by atoms with Crippen molar-refractivity contribution in [3.05, 3.63) is 60.8 Å². The van der Waals surface area contributed by atoms with Crippen LogP contribution in [0.25, 0.3) is 22.5 Å². The lowest BCUT2D eigenvalue weighted by Gasteiger charge is -2.34. The Bertz CT molecular complexity index is 1270. The first-order chi connectivity index (χ1) is 16.1. The first-order valence-electron chi connectivity index (χ1n) is 11.2. The molecule has 0 saturated carbocycles. The first-order valence-corrected chi connectivity index (χ1v) is 11.2. The number of piperazine rings is 1. The van der Waals surface area contributed by atoms with Crippen molar-refractivity contribution in [2.45, 2.75) is 13.3 Å². The lowest BCUT2D eigenvalue weighted by Crippen LogP contribution is -2.44. The molecule has 9 nitrogen and oxygen atoms in total. The summed E-state index contributed by atoms with van der Waals surface area (Å²) in [6.07, 6.45) is 9.23. The van der Waals surface area contributed by atoms with Crippen molar-refractivity contribution in [2.75, 3.05) is 44.7 Å². The topological polar surface area (TPSA) is 81.3 Å². The summed E-state index contributed by atoms with van der Waals surface area (Å²) in [5.74, 6) is 1.05. The molecule has 1 fully saturated rings. The summed E-state index contributed by atoms with van der Waals surface area (Å²) in [5, 5.41) is 5.63. The molecule has 0 bridgehead atoms. The Hall–Kier alpha value is -3.72. The van der Waals surface area contributed by atoms with Crippen LogP contribution in [0.3, 0.4) is 0 Å². The van der Waals surface area contributed by atoms with E-state index in [1.807, 2.05) is 33.9 Å². The minimum absolute atomic E-state index is 0.229. The zero-order valence-corrected chi connectivity index (χ0v) is 18.9. The molecule has 1 aliphatic heterocycles. The summed E-state index contributed by atoms with van der Waals surface area (Å²) in [6, 6.07) is 8.33. The van der Waals surface area contributed by atoms with Gasteiger partial charge in [-0.2, -0.15) is 5.10 Å². The highest BCUT2D eigenvalue weighted by Gasteiger charge is 2.16. The molecule has 9 heteroatoms. The van der Waals surface area contributed by atoms with Gasteiger partial charge in [-0.05, 0) is 43.8 Å². The van der Waals surface area contributed by atoms with Crippen LogP contribution >= 0.6 is 0 Å². The van der Waals surface area contributed by atoms with Gasteiger partial charge in [-0.3, -0.25) is 9.78 Å². The fraction of sp³-hybridized carbons (Fsp3) is 0.333. The maximum absolute atomic E-state index is 11.8. The van der Waals surface area contributed by atoms with E-state index in [0.29, 0.717) is 18.2 Å². The second-order valence-electron chi connectivity index (χ2n) is 8.23. The third kappa shape index (κ3) is 4.45. The van der Waals surface area contributed by atoms with Gasteiger partial charge in [0.05, 0.1) is 37.1 Å². The molecule has 1 saturated heterocycles. The Kier molecular flexibility index (Phi) is 5.78. The van der Waals surface area contributed by atoms with Crippen molar-refractivity contribution < 1.29 is 9.53 Å². The molecule has 0 N–H and O–H groups in total. The largest absolute Gasteiger partial charge is 0.466 e. The van der Waals surface area contributed by atoms with Crippen LogP contribution in [0, 0.1) is 0 Å². The fourth-order valence-corrected chi connectivity index (χ4v) is 4.09. The van der Waals surface area contributed by atoms with Crippen molar-refractivity contribution >= 4 is 22.6 Å². The number of esters is 1. The molecule has 4 aromatic rings. The summed E-state index contributed by atoms with van der Waals surface area (Å²) in [5.41, 5.74) is 3.05. The van der Waals surface area contributed by atoms with Crippen LogP contribution in [-0.4, -0.2) is 75.0 Å². The number of ether oxygens (including phenoxy) is 1. The van der Waals surface area contributed by atoms with Gasteiger partial charge in [-0.15, -0.1) is 0 Å². The van der Waals surface area contributed by atoms with Gasteiger partial charge in [0.2, 0.25) is 0 Å². The summed E-state index contributed by atoms with van der Waals surface area (Å²) >= 11 is 0. The molecule has 0 atom stereocenters. The van der Waals surface area contributed by atoms with Gasteiger partial charge in [0, 0.05) is 49.6 Å². The Labute approximate surface area is 192 Å². The molecule has 0 radical (unpaired) electrons. The Morgan fingerprint density at radius 3 is 2.70 bits per heavy atom. The van der Waals surface area contributed by atoms with Gasteiger partial charge in [0.15, 0.2) is 11.6 Å². The number of hydrogen-bond donors (Lipinski definition) is 0. The molecule has 0 aliphatic carbocycles. The van der Waals surface area contributed by atoms with Gasteiger partial charge in [0.1, 0.15) is 0 Å².